The third-order valence-corrected chi connectivity index (χ3v) is 8.69. The van der Waals surface area contributed by atoms with Crippen LogP contribution in [-0.4, -0.2) is 61.6 Å². The average molecular weight is 488 g/mol. The predicted molar refractivity (Wildman–Crippen MR) is 130 cm³/mol. The number of carboxylic acid groups (broad SMARTS) is 1. The Balaban J connectivity index is 1.42. The van der Waals surface area contributed by atoms with Crippen LogP contribution >= 0.6 is 10.6 Å². The van der Waals surface area contributed by atoms with E-state index in [1.807, 2.05) is 30.0 Å². The van der Waals surface area contributed by atoms with E-state index in [0.717, 1.165) is 11.6 Å². The standard InChI is InChI=1S/C24H26FN3O5S/c1-2-26-13-17(24(30)31)23(29)16-11-18(25)20(12-19(16)26)27-7-9-28(10-8-27)21-14-34(32,33)22-6-4-3-5-15(21)22/h3-6,11-13,21,32-33H,2,7-10,14H2,1H3,(H,30,31). The number of pyridine rings is 1. The first-order chi connectivity index (χ1) is 16.2. The second-order valence-corrected chi connectivity index (χ2v) is 10.8. The smallest absolute Gasteiger partial charge is 0.341 e. The number of hydrogen-bond acceptors (Lipinski definition) is 6. The van der Waals surface area contributed by atoms with Crippen LogP contribution in [0.15, 0.2) is 52.3 Å². The minimum Gasteiger partial charge on any atom is -0.477 e. The largest absolute Gasteiger partial charge is 0.477 e. The third-order valence-electron chi connectivity index (χ3n) is 6.84. The molecule has 0 radical (unpaired) electrons. The van der Waals surface area contributed by atoms with Crippen LogP contribution in [-0.2, 0) is 6.54 Å². The molecule has 1 unspecified atom stereocenters. The zero-order valence-corrected chi connectivity index (χ0v) is 19.5. The van der Waals surface area contributed by atoms with Crippen molar-refractivity contribution >= 4 is 33.1 Å². The quantitative estimate of drug-likeness (QED) is 0.513. The Bertz CT molecular complexity index is 1350. The van der Waals surface area contributed by atoms with Crippen molar-refractivity contribution < 1.29 is 23.4 Å². The van der Waals surface area contributed by atoms with E-state index in [1.54, 1.807) is 16.7 Å². The molecule has 34 heavy (non-hydrogen) atoms. The van der Waals surface area contributed by atoms with Crippen molar-refractivity contribution in [3.05, 3.63) is 69.8 Å². The van der Waals surface area contributed by atoms with Crippen molar-refractivity contribution in [2.45, 2.75) is 24.4 Å². The summed E-state index contributed by atoms with van der Waals surface area (Å²) in [5.74, 6) is -1.63. The number of nitrogens with zero attached hydrogens (tertiary/aromatic N) is 3. The minimum absolute atomic E-state index is 0.0504. The van der Waals surface area contributed by atoms with E-state index >= 15 is 4.39 Å². The molecular formula is C24H26FN3O5S. The van der Waals surface area contributed by atoms with Crippen LogP contribution in [0.2, 0.25) is 0 Å². The number of aromatic nitrogens is 1. The molecule has 0 aliphatic carbocycles. The van der Waals surface area contributed by atoms with Crippen molar-refractivity contribution in [1.82, 2.24) is 9.47 Å². The number of piperazine rings is 1. The lowest BCUT2D eigenvalue weighted by atomic mass is 10.1. The first-order valence-electron chi connectivity index (χ1n) is 11.1. The molecule has 1 atom stereocenters. The van der Waals surface area contributed by atoms with E-state index in [2.05, 4.69) is 4.90 Å². The SMILES string of the molecule is CCn1cc(C(=O)O)c(=O)c2cc(F)c(N3CCN(C4CS(O)(O)c5ccccc54)CC3)cc21. The molecule has 1 fully saturated rings. The van der Waals surface area contributed by atoms with Gasteiger partial charge < -0.3 is 14.6 Å². The minimum atomic E-state index is -2.81. The van der Waals surface area contributed by atoms with Gasteiger partial charge in [-0.3, -0.25) is 18.8 Å². The molecule has 1 aromatic heterocycles. The summed E-state index contributed by atoms with van der Waals surface area (Å²) in [5, 5.41) is 9.38. The number of fused-ring (bicyclic) bond motifs is 2. The fraction of sp³-hybridized carbons (Fsp3) is 0.333. The molecule has 3 N–H and O–H groups in total. The number of carboxylic acids is 1. The lowest BCUT2D eigenvalue weighted by Gasteiger charge is -2.40. The molecule has 2 aromatic carbocycles. The molecule has 3 heterocycles. The van der Waals surface area contributed by atoms with Crippen LogP contribution < -0.4 is 10.3 Å². The lowest BCUT2D eigenvalue weighted by molar-refractivity contribution is 0.0695. The highest BCUT2D eigenvalue weighted by Gasteiger charge is 2.39. The number of aryl methyl sites for hydroxylation is 1. The number of anilines is 1. The molecule has 2 aliphatic heterocycles. The van der Waals surface area contributed by atoms with Gasteiger partial charge in [0.15, 0.2) is 0 Å². The van der Waals surface area contributed by atoms with E-state index in [-0.39, 0.29) is 22.7 Å². The van der Waals surface area contributed by atoms with Gasteiger partial charge in [-0.25, -0.2) is 9.18 Å². The third kappa shape index (κ3) is 3.67. The summed E-state index contributed by atoms with van der Waals surface area (Å²) in [7, 11) is -2.81. The van der Waals surface area contributed by atoms with Crippen molar-refractivity contribution in [2.24, 2.45) is 0 Å². The number of aromatic carboxylic acids is 1. The number of halogens is 1. The van der Waals surface area contributed by atoms with Gasteiger partial charge in [-0.2, -0.15) is 10.6 Å². The molecular weight excluding hydrogens is 461 g/mol. The maximum atomic E-state index is 15.1. The molecule has 2 aliphatic rings. The maximum Gasteiger partial charge on any atom is 0.341 e. The van der Waals surface area contributed by atoms with Gasteiger partial charge in [0.05, 0.1) is 27.9 Å². The lowest BCUT2D eigenvalue weighted by Crippen LogP contribution is -2.48. The van der Waals surface area contributed by atoms with Gasteiger partial charge in [-0.05, 0) is 30.7 Å². The molecule has 10 heteroatoms. The Morgan fingerprint density at radius 1 is 1.15 bits per heavy atom. The van der Waals surface area contributed by atoms with Crippen molar-refractivity contribution in [3.8, 4) is 0 Å². The molecule has 8 nitrogen and oxygen atoms in total. The highest BCUT2D eigenvalue weighted by Crippen LogP contribution is 2.60. The highest BCUT2D eigenvalue weighted by molar-refractivity contribution is 8.24. The normalized spacial score (nSPS) is 20.9. The first kappa shape index (κ1) is 22.9. The Labute approximate surface area is 197 Å². The van der Waals surface area contributed by atoms with Crippen LogP contribution in [0, 0.1) is 5.82 Å². The van der Waals surface area contributed by atoms with E-state index in [0.29, 0.717) is 48.8 Å². The Kier molecular flexibility index (Phi) is 5.64. The van der Waals surface area contributed by atoms with Crippen LogP contribution in [0.1, 0.15) is 28.9 Å². The molecule has 0 spiro atoms. The topological polar surface area (TPSA) is 106 Å². The van der Waals surface area contributed by atoms with Crippen LogP contribution in [0.5, 0.6) is 0 Å². The zero-order chi connectivity index (χ0) is 24.2. The number of hydrogen-bond donors (Lipinski definition) is 3. The summed E-state index contributed by atoms with van der Waals surface area (Å²) < 4.78 is 37.8. The summed E-state index contributed by atoms with van der Waals surface area (Å²) in [4.78, 5) is 28.8. The second kappa shape index (κ2) is 8.38. The zero-order valence-electron chi connectivity index (χ0n) is 18.6. The van der Waals surface area contributed by atoms with Gasteiger partial charge >= 0.3 is 5.97 Å². The molecule has 0 bridgehead atoms. The van der Waals surface area contributed by atoms with Crippen LogP contribution in [0.3, 0.4) is 0 Å². The van der Waals surface area contributed by atoms with E-state index < -0.39 is 27.8 Å². The molecule has 5 rings (SSSR count). The number of benzene rings is 2. The van der Waals surface area contributed by atoms with E-state index in [4.69, 9.17) is 0 Å². The fourth-order valence-electron chi connectivity index (χ4n) is 5.09. The maximum absolute atomic E-state index is 15.1. The van der Waals surface area contributed by atoms with Gasteiger partial charge in [-0.15, -0.1) is 0 Å². The average Bonchev–Trinajstić information content (AvgIpc) is 3.10. The molecule has 180 valence electrons. The molecule has 1 saturated heterocycles. The van der Waals surface area contributed by atoms with Gasteiger partial charge in [0.1, 0.15) is 11.4 Å². The van der Waals surface area contributed by atoms with Crippen molar-refractivity contribution in [3.63, 3.8) is 0 Å². The summed E-state index contributed by atoms with van der Waals surface area (Å²) in [6.07, 6.45) is 1.31. The Morgan fingerprint density at radius 3 is 2.53 bits per heavy atom. The Morgan fingerprint density at radius 2 is 1.85 bits per heavy atom. The van der Waals surface area contributed by atoms with E-state index in [1.165, 1.54) is 6.20 Å². The Hall–Kier alpha value is -2.92. The molecule has 0 saturated carbocycles. The van der Waals surface area contributed by atoms with Crippen molar-refractivity contribution in [1.29, 1.82) is 0 Å². The van der Waals surface area contributed by atoms with Gasteiger partial charge in [0.2, 0.25) is 5.43 Å². The number of rotatable bonds is 4. The van der Waals surface area contributed by atoms with E-state index in [9.17, 15) is 23.8 Å². The van der Waals surface area contributed by atoms with Gasteiger partial charge in [0, 0.05) is 44.3 Å². The summed E-state index contributed by atoms with van der Waals surface area (Å²) in [5.41, 5.74) is 0.733. The van der Waals surface area contributed by atoms with Gasteiger partial charge in [0.25, 0.3) is 0 Å². The highest BCUT2D eigenvalue weighted by atomic mass is 32.3. The van der Waals surface area contributed by atoms with Crippen LogP contribution in [0.25, 0.3) is 10.9 Å². The predicted octanol–water partition coefficient (Wildman–Crippen LogP) is 3.85. The first-order valence-corrected chi connectivity index (χ1v) is 12.9. The summed E-state index contributed by atoms with van der Waals surface area (Å²) in [6.45, 7) is 4.56. The number of carbonyl (C=O) groups is 1. The summed E-state index contributed by atoms with van der Waals surface area (Å²) >= 11 is 0. The molecule has 0 amide bonds. The van der Waals surface area contributed by atoms with Crippen LogP contribution in [0.4, 0.5) is 10.1 Å². The monoisotopic (exact) mass is 487 g/mol. The summed E-state index contributed by atoms with van der Waals surface area (Å²) in [6, 6.07) is 10.1. The van der Waals surface area contributed by atoms with Crippen molar-refractivity contribution in [2.75, 3.05) is 36.8 Å². The molecule has 3 aromatic rings. The fourth-order valence-corrected chi connectivity index (χ4v) is 6.97. The second-order valence-electron chi connectivity index (χ2n) is 8.69. The van der Waals surface area contributed by atoms with Gasteiger partial charge in [-0.1, -0.05) is 18.2 Å².